The highest BCUT2D eigenvalue weighted by molar-refractivity contribution is 5.54. The van der Waals surface area contributed by atoms with Crippen molar-refractivity contribution in [2.75, 3.05) is 20.6 Å². The van der Waals surface area contributed by atoms with Crippen molar-refractivity contribution in [2.24, 2.45) is 5.92 Å². The lowest BCUT2D eigenvalue weighted by atomic mass is 9.93. The first-order chi connectivity index (χ1) is 15.5. The molecular weight excluding hydrogens is 390 g/mol. The molecule has 0 saturated heterocycles. The third-order valence-electron chi connectivity index (χ3n) is 6.06. The van der Waals surface area contributed by atoms with Gasteiger partial charge in [0.1, 0.15) is 0 Å². The molecule has 1 aliphatic heterocycles. The number of likely N-dealkylation sites (N-methyl/N-ethyl adjacent to an activating group) is 2. The fourth-order valence-electron chi connectivity index (χ4n) is 3.90. The highest BCUT2D eigenvalue weighted by Crippen LogP contribution is 2.33. The molecule has 178 valence electrons. The zero-order valence-electron chi connectivity index (χ0n) is 22.1. The van der Waals surface area contributed by atoms with Crippen LogP contribution >= 0.6 is 0 Å². The Labute approximate surface area is 198 Å². The van der Waals surface area contributed by atoms with Gasteiger partial charge in [-0.25, -0.2) is 5.01 Å². The van der Waals surface area contributed by atoms with Gasteiger partial charge in [0.15, 0.2) is 0 Å². The lowest BCUT2D eigenvalue weighted by Crippen LogP contribution is -2.36. The van der Waals surface area contributed by atoms with E-state index < -0.39 is 0 Å². The third-order valence-corrected chi connectivity index (χ3v) is 6.06. The Hall–Kier alpha value is -2.10. The van der Waals surface area contributed by atoms with Crippen molar-refractivity contribution in [3.63, 3.8) is 0 Å². The van der Waals surface area contributed by atoms with Crippen LogP contribution in [0.4, 0.5) is 0 Å². The largest absolute Gasteiger partial charge is 0.316 e. The second-order valence-corrected chi connectivity index (χ2v) is 8.01. The number of rotatable bonds is 6. The summed E-state index contributed by atoms with van der Waals surface area (Å²) < 4.78 is 0. The highest BCUT2D eigenvalue weighted by Gasteiger charge is 2.25. The molecule has 0 radical (unpaired) electrons. The quantitative estimate of drug-likeness (QED) is 0.469. The first-order valence-electron chi connectivity index (χ1n) is 12.6. The van der Waals surface area contributed by atoms with Gasteiger partial charge in [0.2, 0.25) is 0 Å². The van der Waals surface area contributed by atoms with E-state index in [1.165, 1.54) is 28.0 Å². The molecule has 0 bridgehead atoms. The van der Waals surface area contributed by atoms with E-state index in [1.807, 2.05) is 34.7 Å². The normalized spacial score (nSPS) is 21.5. The maximum atomic E-state index is 3.26. The van der Waals surface area contributed by atoms with Gasteiger partial charge in [-0.2, -0.15) is 0 Å². The summed E-state index contributed by atoms with van der Waals surface area (Å²) in [6.07, 6.45) is 23.8. The van der Waals surface area contributed by atoms with Crippen LogP contribution in [0.15, 0.2) is 82.8 Å². The van der Waals surface area contributed by atoms with Gasteiger partial charge in [-0.1, -0.05) is 83.6 Å². The molecule has 3 heteroatoms. The van der Waals surface area contributed by atoms with E-state index in [9.17, 15) is 0 Å². The zero-order chi connectivity index (χ0) is 24.1. The highest BCUT2D eigenvalue weighted by atomic mass is 15.6. The molecule has 3 nitrogen and oxygen atoms in total. The molecule has 2 atom stereocenters. The fourth-order valence-corrected chi connectivity index (χ4v) is 3.90. The van der Waals surface area contributed by atoms with Crippen LogP contribution in [0.1, 0.15) is 67.7 Å². The number of hydrogen-bond donors (Lipinski definition) is 1. The standard InChI is InChI=1S/C25H35N3.2C2H6/c1-6-19(2)24-12-8-11-23(17-25(24)28-16-15-20(3)27(28)5)22-10-7-9-21(13-14-22)18-26-4;2*1-2/h7-8,10-11,13-17,19-20,26H,6,9,12,18H2,1-5H3;2*1-2H3. The molecule has 0 amide bonds. The summed E-state index contributed by atoms with van der Waals surface area (Å²) in [5.41, 5.74) is 6.83. The Morgan fingerprint density at radius 3 is 2.28 bits per heavy atom. The van der Waals surface area contributed by atoms with Crippen molar-refractivity contribution < 1.29 is 0 Å². The molecule has 0 fully saturated rings. The Balaban J connectivity index is 0.00000121. The molecule has 2 aliphatic carbocycles. The predicted molar refractivity (Wildman–Crippen MR) is 143 cm³/mol. The molecule has 32 heavy (non-hydrogen) atoms. The van der Waals surface area contributed by atoms with E-state index in [2.05, 4.69) is 98.0 Å². The van der Waals surface area contributed by atoms with Crippen LogP contribution in [0.25, 0.3) is 0 Å². The van der Waals surface area contributed by atoms with Gasteiger partial charge in [0.25, 0.3) is 0 Å². The van der Waals surface area contributed by atoms with E-state index >= 15 is 0 Å². The summed E-state index contributed by atoms with van der Waals surface area (Å²) in [6.45, 7) is 15.8. The number of allylic oxidation sites excluding steroid dienone is 10. The van der Waals surface area contributed by atoms with Gasteiger partial charge >= 0.3 is 0 Å². The van der Waals surface area contributed by atoms with Crippen LogP contribution in [-0.2, 0) is 0 Å². The summed E-state index contributed by atoms with van der Waals surface area (Å²) in [7, 11) is 4.18. The predicted octanol–water partition coefficient (Wildman–Crippen LogP) is 7.32. The lowest BCUT2D eigenvalue weighted by molar-refractivity contribution is 0.0909. The van der Waals surface area contributed by atoms with Crippen molar-refractivity contribution in [1.82, 2.24) is 15.3 Å². The van der Waals surface area contributed by atoms with E-state index in [4.69, 9.17) is 0 Å². The first kappa shape index (κ1) is 27.9. The first-order valence-corrected chi connectivity index (χ1v) is 12.6. The molecule has 3 aliphatic rings. The molecule has 2 unspecified atom stereocenters. The number of nitrogens with one attached hydrogen (secondary N) is 1. The Kier molecular flexibility index (Phi) is 13.0. The molecule has 3 rings (SSSR count). The molecule has 0 aromatic carbocycles. The van der Waals surface area contributed by atoms with Crippen LogP contribution < -0.4 is 5.32 Å². The van der Waals surface area contributed by atoms with Crippen molar-refractivity contribution in [2.45, 2.75) is 73.8 Å². The summed E-state index contributed by atoms with van der Waals surface area (Å²) >= 11 is 0. The molecular formula is C29H47N3. The van der Waals surface area contributed by atoms with Crippen LogP contribution in [0.3, 0.4) is 0 Å². The second-order valence-electron chi connectivity index (χ2n) is 8.01. The van der Waals surface area contributed by atoms with Crippen molar-refractivity contribution in [3.8, 4) is 0 Å². The summed E-state index contributed by atoms with van der Waals surface area (Å²) in [6, 6.07) is 0.419. The van der Waals surface area contributed by atoms with Crippen LogP contribution in [0.5, 0.6) is 0 Å². The number of hydrogen-bond acceptors (Lipinski definition) is 3. The molecule has 0 aromatic heterocycles. The monoisotopic (exact) mass is 437 g/mol. The van der Waals surface area contributed by atoms with E-state index in [-0.39, 0.29) is 0 Å². The number of hydrazine groups is 1. The van der Waals surface area contributed by atoms with Gasteiger partial charge in [-0.15, -0.1) is 0 Å². The lowest BCUT2D eigenvalue weighted by Gasteiger charge is -2.32. The van der Waals surface area contributed by atoms with Crippen molar-refractivity contribution in [3.05, 3.63) is 82.8 Å². The van der Waals surface area contributed by atoms with Gasteiger partial charge in [0, 0.05) is 25.8 Å². The topological polar surface area (TPSA) is 18.5 Å². The summed E-state index contributed by atoms with van der Waals surface area (Å²) in [4.78, 5) is 0. The molecule has 0 saturated carbocycles. The average Bonchev–Trinajstić information content (AvgIpc) is 3.03. The van der Waals surface area contributed by atoms with E-state index in [0.29, 0.717) is 12.0 Å². The van der Waals surface area contributed by atoms with Crippen LogP contribution in [0.2, 0.25) is 0 Å². The zero-order valence-corrected chi connectivity index (χ0v) is 22.1. The van der Waals surface area contributed by atoms with E-state index in [1.54, 1.807) is 0 Å². The van der Waals surface area contributed by atoms with Crippen molar-refractivity contribution >= 4 is 0 Å². The van der Waals surface area contributed by atoms with Gasteiger partial charge < -0.3 is 5.32 Å². The van der Waals surface area contributed by atoms with Crippen LogP contribution in [-0.4, -0.2) is 36.7 Å². The second kappa shape index (κ2) is 14.9. The molecule has 0 spiro atoms. The maximum Gasteiger partial charge on any atom is 0.0577 e. The van der Waals surface area contributed by atoms with Gasteiger partial charge in [-0.05, 0) is 68.0 Å². The van der Waals surface area contributed by atoms with Gasteiger partial charge in [-0.3, -0.25) is 5.01 Å². The Morgan fingerprint density at radius 2 is 1.69 bits per heavy atom. The van der Waals surface area contributed by atoms with Crippen molar-refractivity contribution in [1.29, 1.82) is 0 Å². The minimum absolute atomic E-state index is 0.419. The summed E-state index contributed by atoms with van der Waals surface area (Å²) in [5, 5.41) is 7.91. The summed E-state index contributed by atoms with van der Waals surface area (Å²) in [5.74, 6) is 0.564. The van der Waals surface area contributed by atoms with E-state index in [0.717, 1.165) is 25.8 Å². The smallest absolute Gasteiger partial charge is 0.0577 e. The molecule has 1 heterocycles. The maximum absolute atomic E-state index is 3.26. The minimum Gasteiger partial charge on any atom is -0.316 e. The minimum atomic E-state index is 0.419. The third kappa shape index (κ3) is 7.21. The Morgan fingerprint density at radius 1 is 1.03 bits per heavy atom. The molecule has 0 aromatic rings. The van der Waals surface area contributed by atoms with Gasteiger partial charge in [0.05, 0.1) is 5.70 Å². The van der Waals surface area contributed by atoms with Crippen LogP contribution in [0, 0.1) is 5.92 Å². The fraction of sp³-hybridized carbons (Fsp3) is 0.517. The SMILES string of the molecule is CC.CC.CCC(C)C1=C(N2C=CC(C)N2C)C=C(C2=CC=C(CNC)CC=C2)C=CC1. The average molecular weight is 438 g/mol. The Bertz CT molecular complexity index is 789. The molecule has 1 N–H and O–H groups in total. The number of nitrogens with zero attached hydrogens (tertiary/aromatic N) is 2.